The second-order valence-electron chi connectivity index (χ2n) is 11.1. The predicted octanol–water partition coefficient (Wildman–Crippen LogP) is 6.40. The van der Waals surface area contributed by atoms with Crippen LogP contribution in [0.15, 0.2) is 48.5 Å². The molecule has 1 heterocycles. The van der Waals surface area contributed by atoms with E-state index in [1.807, 2.05) is 56.9 Å². The van der Waals surface area contributed by atoms with Gasteiger partial charge in [0, 0.05) is 25.2 Å². The molecule has 4 amide bonds. The van der Waals surface area contributed by atoms with Crippen LogP contribution in [0.4, 0.5) is 4.79 Å². The molecule has 2 atom stereocenters. The summed E-state index contributed by atoms with van der Waals surface area (Å²) in [4.78, 5) is 45.6. The Kier molecular flexibility index (Phi) is 12.0. The minimum atomic E-state index is -0.778. The lowest BCUT2D eigenvalue weighted by atomic mass is 9.72. The van der Waals surface area contributed by atoms with Crippen LogP contribution in [0.1, 0.15) is 94.8 Å². The number of nitrogens with zero attached hydrogens (tertiary/aromatic N) is 3. The minimum absolute atomic E-state index is 0.0226. The summed E-state index contributed by atoms with van der Waals surface area (Å²) in [5.41, 5.74) is 1.97. The highest BCUT2D eigenvalue weighted by molar-refractivity contribution is 6.03. The van der Waals surface area contributed by atoms with Gasteiger partial charge < -0.3 is 19.9 Å². The third-order valence-corrected chi connectivity index (χ3v) is 8.79. The maximum absolute atomic E-state index is 13.5. The number of likely N-dealkylation sites (tertiary alicyclic amines) is 1. The minimum Gasteiger partial charge on any atom is -0.469 e. The molecule has 0 aromatic heterocycles. The van der Waals surface area contributed by atoms with Crippen LogP contribution in [0.25, 0.3) is 0 Å². The lowest BCUT2D eigenvalue weighted by Gasteiger charge is -2.53. The second-order valence-corrected chi connectivity index (χ2v) is 11.1. The number of β-lactam (4-membered cyclic amide) rings is 1. The van der Waals surface area contributed by atoms with Crippen molar-refractivity contribution in [3.63, 3.8) is 0 Å². The number of likely N-dealkylation sites (N-methyl/N-ethyl adjacent to an activating group) is 2. The van der Waals surface area contributed by atoms with Gasteiger partial charge in [0.1, 0.15) is 11.2 Å². The molecule has 0 unspecified atom stereocenters. The molecule has 8 heteroatoms. The van der Waals surface area contributed by atoms with Crippen molar-refractivity contribution in [2.45, 2.75) is 86.4 Å². The first-order valence-electron chi connectivity index (χ1n) is 15.7. The molecule has 1 N–H and O–H groups in total. The molecule has 8 nitrogen and oxygen atoms in total. The Morgan fingerprint density at radius 1 is 0.905 bits per heavy atom. The van der Waals surface area contributed by atoms with Crippen molar-refractivity contribution in [2.24, 2.45) is 5.41 Å². The van der Waals surface area contributed by atoms with E-state index in [-0.39, 0.29) is 17.9 Å². The summed E-state index contributed by atoms with van der Waals surface area (Å²) in [5.74, 6) is 0.279. The molecule has 0 bridgehead atoms. The maximum atomic E-state index is 13.5. The smallest absolute Gasteiger partial charge is 0.327 e. The Labute approximate surface area is 252 Å². The summed E-state index contributed by atoms with van der Waals surface area (Å²) >= 11 is 0. The summed E-state index contributed by atoms with van der Waals surface area (Å²) in [5, 5.41) is 3.09. The number of aryl methyl sites for hydroxylation is 1. The molecule has 0 radical (unpaired) electrons. The van der Waals surface area contributed by atoms with E-state index in [1.165, 1.54) is 4.90 Å². The highest BCUT2D eigenvalue weighted by Crippen LogP contribution is 2.46. The van der Waals surface area contributed by atoms with Crippen molar-refractivity contribution in [3.05, 3.63) is 65.2 Å². The van der Waals surface area contributed by atoms with Crippen LogP contribution in [-0.4, -0.2) is 71.5 Å². The van der Waals surface area contributed by atoms with Gasteiger partial charge in [-0.05, 0) is 76.0 Å². The van der Waals surface area contributed by atoms with Gasteiger partial charge in [0.2, 0.25) is 5.91 Å². The average molecular weight is 579 g/mol. The van der Waals surface area contributed by atoms with E-state index in [1.54, 1.807) is 24.3 Å². The summed E-state index contributed by atoms with van der Waals surface area (Å²) < 4.78 is 6.36. The number of amides is 4. The van der Waals surface area contributed by atoms with Crippen LogP contribution in [0.3, 0.4) is 0 Å². The van der Waals surface area contributed by atoms with Gasteiger partial charge in [0.15, 0.2) is 6.23 Å². The molecule has 3 rings (SSSR count). The van der Waals surface area contributed by atoms with Gasteiger partial charge in [-0.3, -0.25) is 9.59 Å². The van der Waals surface area contributed by atoms with Gasteiger partial charge >= 0.3 is 6.03 Å². The number of hydrogen-bond donors (Lipinski definition) is 1. The fraction of sp³-hybridized carbons (Fsp3) is 0.559. The largest absolute Gasteiger partial charge is 0.469 e. The number of carbonyl (C=O) groups excluding carboxylic acids is 3. The van der Waals surface area contributed by atoms with Crippen LogP contribution in [0.2, 0.25) is 0 Å². The highest BCUT2D eigenvalue weighted by Gasteiger charge is 2.63. The van der Waals surface area contributed by atoms with Gasteiger partial charge in [-0.2, -0.15) is 0 Å². The zero-order valence-electron chi connectivity index (χ0n) is 26.6. The van der Waals surface area contributed by atoms with Crippen molar-refractivity contribution in [1.82, 2.24) is 20.0 Å². The van der Waals surface area contributed by atoms with E-state index in [4.69, 9.17) is 4.74 Å². The molecule has 2 aromatic carbocycles. The van der Waals surface area contributed by atoms with Crippen molar-refractivity contribution in [3.8, 4) is 5.75 Å². The molecule has 1 saturated heterocycles. The Bertz CT molecular complexity index is 1170. The summed E-state index contributed by atoms with van der Waals surface area (Å²) in [7, 11) is 0. The van der Waals surface area contributed by atoms with E-state index in [0.717, 1.165) is 43.6 Å². The van der Waals surface area contributed by atoms with Crippen molar-refractivity contribution in [1.29, 1.82) is 0 Å². The topological polar surface area (TPSA) is 82.2 Å². The van der Waals surface area contributed by atoms with Gasteiger partial charge in [-0.15, -0.1) is 0 Å². The number of ether oxygens (including phenoxy) is 1. The molecule has 0 saturated carbocycles. The fourth-order valence-electron chi connectivity index (χ4n) is 5.72. The van der Waals surface area contributed by atoms with Crippen molar-refractivity contribution >= 4 is 17.8 Å². The number of urea groups is 1. The summed E-state index contributed by atoms with van der Waals surface area (Å²) in [6.45, 7) is 18.3. The molecule has 2 aromatic rings. The van der Waals surface area contributed by atoms with Crippen LogP contribution in [0, 0.1) is 12.3 Å². The highest BCUT2D eigenvalue weighted by atomic mass is 16.5. The molecule has 1 aliphatic rings. The number of rotatable bonds is 15. The summed E-state index contributed by atoms with van der Waals surface area (Å²) in [6, 6.07) is 14.5. The first-order chi connectivity index (χ1) is 20.2. The molecule has 42 heavy (non-hydrogen) atoms. The molecule has 1 fully saturated rings. The monoisotopic (exact) mass is 578 g/mol. The maximum Gasteiger partial charge on any atom is 0.327 e. The number of carbonyl (C=O) groups is 3. The van der Waals surface area contributed by atoms with E-state index in [0.29, 0.717) is 37.2 Å². The average Bonchev–Trinajstić information content (AvgIpc) is 3.00. The van der Waals surface area contributed by atoms with E-state index < -0.39 is 17.7 Å². The second kappa shape index (κ2) is 15.2. The van der Waals surface area contributed by atoms with Gasteiger partial charge in [-0.1, -0.05) is 70.9 Å². The van der Waals surface area contributed by atoms with Crippen LogP contribution in [-0.2, 0) is 4.79 Å². The molecular formula is C34H50N4O4. The SMILES string of the molecule is CCC[C@@H](NC(=O)N1C(=O)C(CC)(CC)[C@@H]1Oc1ccc(C(=O)N(CC)CCN(CC)CC)cc1)c1ccc(C)cc1. The Hall–Kier alpha value is -3.39. The standard InChI is InChI=1S/C34H50N4O4/c1-8-14-29(26-17-15-25(7)16-18-26)35-33(41)38-31(40)34(9-2,10-3)32(38)42-28-21-19-27(20-22-28)30(39)37(13-6)24-23-36(11-4)12-5/h15-22,29,32H,8-14,23-24H2,1-7H3,(H,35,41)/t29-,32+/m1/s1. The zero-order chi connectivity index (χ0) is 30.9. The molecular weight excluding hydrogens is 528 g/mol. The Morgan fingerprint density at radius 3 is 2.05 bits per heavy atom. The number of imide groups is 1. The van der Waals surface area contributed by atoms with E-state index in [9.17, 15) is 14.4 Å². The first-order valence-corrected chi connectivity index (χ1v) is 15.7. The van der Waals surface area contributed by atoms with Crippen LogP contribution in [0.5, 0.6) is 5.75 Å². The zero-order valence-corrected chi connectivity index (χ0v) is 26.6. The van der Waals surface area contributed by atoms with Crippen molar-refractivity contribution in [2.75, 3.05) is 32.7 Å². The molecule has 1 aliphatic heterocycles. The molecule has 230 valence electrons. The summed E-state index contributed by atoms with van der Waals surface area (Å²) in [6.07, 6.45) is 2.02. The third kappa shape index (κ3) is 7.14. The Balaban J connectivity index is 1.76. The quantitative estimate of drug-likeness (QED) is 0.247. The molecule has 0 spiro atoms. The van der Waals surface area contributed by atoms with Crippen LogP contribution >= 0.6 is 0 Å². The first kappa shape index (κ1) is 33.1. The van der Waals surface area contributed by atoms with Gasteiger partial charge in [0.25, 0.3) is 5.91 Å². The van der Waals surface area contributed by atoms with Crippen molar-refractivity contribution < 1.29 is 19.1 Å². The van der Waals surface area contributed by atoms with Gasteiger partial charge in [0.05, 0.1) is 6.04 Å². The Morgan fingerprint density at radius 2 is 1.52 bits per heavy atom. The third-order valence-electron chi connectivity index (χ3n) is 8.79. The number of benzene rings is 2. The van der Waals surface area contributed by atoms with Gasteiger partial charge in [-0.25, -0.2) is 9.69 Å². The molecule has 0 aliphatic carbocycles. The van der Waals surface area contributed by atoms with E-state index in [2.05, 4.69) is 31.0 Å². The number of nitrogens with one attached hydrogen (secondary N) is 1. The van der Waals surface area contributed by atoms with E-state index >= 15 is 0 Å². The fourth-order valence-corrected chi connectivity index (χ4v) is 5.72. The lowest BCUT2D eigenvalue weighted by molar-refractivity contribution is -0.191. The normalized spacial score (nSPS) is 16.6. The van der Waals surface area contributed by atoms with Crippen LogP contribution < -0.4 is 10.1 Å². The number of hydrogen-bond acceptors (Lipinski definition) is 5. The predicted molar refractivity (Wildman–Crippen MR) is 167 cm³/mol. The lowest BCUT2D eigenvalue weighted by Crippen LogP contribution is -2.73.